The molecule has 2 heterocycles. The third-order valence-corrected chi connectivity index (χ3v) is 9.91. The molecule has 0 N–H and O–H groups in total. The first-order valence-corrected chi connectivity index (χ1v) is 18.0. The lowest BCUT2D eigenvalue weighted by Gasteiger charge is -2.25. The zero-order chi connectivity index (χ0) is 38.0. The van der Waals surface area contributed by atoms with Crippen molar-refractivity contribution in [1.82, 2.24) is 14.5 Å². The van der Waals surface area contributed by atoms with E-state index in [0.29, 0.717) is 39.5 Å². The largest absolute Gasteiger partial charge is 0.310 e. The first kappa shape index (κ1) is 33.5. The average molecular weight is 716 g/mol. The maximum absolute atomic E-state index is 10.7. The van der Waals surface area contributed by atoms with Crippen molar-refractivity contribution >= 4 is 38.9 Å². The maximum Gasteiger partial charge on any atom is 0.160 e. The van der Waals surface area contributed by atoms with Gasteiger partial charge in [-0.15, -0.1) is 0 Å². The second kappa shape index (κ2) is 14.3. The van der Waals surface area contributed by atoms with Crippen LogP contribution < -0.4 is 4.90 Å². The van der Waals surface area contributed by atoms with Gasteiger partial charge in [0.05, 0.1) is 57.3 Å². The van der Waals surface area contributed by atoms with Crippen LogP contribution in [0.25, 0.3) is 61.4 Å². The molecule has 7 heteroatoms. The molecule has 0 aliphatic carbocycles. The summed E-state index contributed by atoms with van der Waals surface area (Å²) in [6.45, 7) is 0. The van der Waals surface area contributed by atoms with Crippen molar-refractivity contribution in [2.75, 3.05) is 4.90 Å². The molecule has 9 aromatic rings. The van der Waals surface area contributed by atoms with Crippen LogP contribution in [0.2, 0.25) is 0 Å². The van der Waals surface area contributed by atoms with Crippen molar-refractivity contribution in [2.45, 2.75) is 0 Å². The first-order chi connectivity index (χ1) is 27.6. The van der Waals surface area contributed by atoms with Gasteiger partial charge in [0.25, 0.3) is 0 Å². The highest BCUT2D eigenvalue weighted by Gasteiger charge is 2.19. The van der Waals surface area contributed by atoms with Gasteiger partial charge in [0.2, 0.25) is 0 Å². The van der Waals surface area contributed by atoms with Crippen molar-refractivity contribution in [3.8, 4) is 57.8 Å². The number of hydrogen-bond donors (Lipinski definition) is 0. The summed E-state index contributed by atoms with van der Waals surface area (Å²) >= 11 is 0. The number of benzene rings is 7. The van der Waals surface area contributed by atoms with Gasteiger partial charge in [-0.1, -0.05) is 66.7 Å². The second-order valence-corrected chi connectivity index (χ2v) is 13.2. The number of nitriles is 3. The van der Waals surface area contributed by atoms with Crippen molar-refractivity contribution in [3.63, 3.8) is 0 Å². The van der Waals surface area contributed by atoms with Gasteiger partial charge >= 0.3 is 0 Å². The predicted octanol–water partition coefficient (Wildman–Crippen LogP) is 11.7. The predicted molar refractivity (Wildman–Crippen MR) is 222 cm³/mol. The van der Waals surface area contributed by atoms with Gasteiger partial charge in [-0.3, -0.25) is 0 Å². The fourth-order valence-corrected chi connectivity index (χ4v) is 7.24. The minimum absolute atomic E-state index is 0.456. The molecule has 0 saturated heterocycles. The zero-order valence-corrected chi connectivity index (χ0v) is 29.9. The van der Waals surface area contributed by atoms with Gasteiger partial charge in [0, 0.05) is 50.2 Å². The molecule has 0 fully saturated rings. The van der Waals surface area contributed by atoms with E-state index < -0.39 is 0 Å². The molecule has 0 aliphatic heterocycles. The molecule has 0 unspecified atom stereocenters. The minimum atomic E-state index is 0.456. The number of anilines is 3. The van der Waals surface area contributed by atoms with E-state index in [0.717, 1.165) is 55.7 Å². The molecule has 260 valence electrons. The molecule has 7 nitrogen and oxygen atoms in total. The number of hydrogen-bond acceptors (Lipinski definition) is 6. The smallest absolute Gasteiger partial charge is 0.160 e. The minimum Gasteiger partial charge on any atom is -0.310 e. The molecule has 9 rings (SSSR count). The van der Waals surface area contributed by atoms with E-state index in [1.165, 1.54) is 0 Å². The number of para-hydroxylation sites is 3. The van der Waals surface area contributed by atoms with Crippen LogP contribution in [-0.2, 0) is 0 Å². The molecule has 7 aromatic carbocycles. The maximum atomic E-state index is 10.7. The average Bonchev–Trinajstić information content (AvgIpc) is 3.60. The van der Waals surface area contributed by atoms with Crippen molar-refractivity contribution in [2.24, 2.45) is 0 Å². The van der Waals surface area contributed by atoms with Crippen molar-refractivity contribution in [1.29, 1.82) is 15.8 Å². The Bertz CT molecular complexity index is 2920. The van der Waals surface area contributed by atoms with Crippen LogP contribution in [0.15, 0.2) is 176 Å². The van der Waals surface area contributed by atoms with Gasteiger partial charge in [-0.05, 0) is 109 Å². The summed E-state index contributed by atoms with van der Waals surface area (Å²) in [5.74, 6) is 0.456. The van der Waals surface area contributed by atoms with E-state index >= 15 is 0 Å². The highest BCUT2D eigenvalue weighted by atomic mass is 15.1. The molecule has 56 heavy (non-hydrogen) atoms. The van der Waals surface area contributed by atoms with Gasteiger partial charge in [-0.25, -0.2) is 9.97 Å². The highest BCUT2D eigenvalue weighted by molar-refractivity contribution is 6.10. The van der Waals surface area contributed by atoms with Crippen LogP contribution in [0.3, 0.4) is 0 Å². The van der Waals surface area contributed by atoms with Crippen LogP contribution in [-0.4, -0.2) is 14.5 Å². The van der Waals surface area contributed by atoms with Crippen LogP contribution in [0, 0.1) is 34.0 Å². The Balaban J connectivity index is 1.19. The normalized spacial score (nSPS) is 10.8. The lowest BCUT2D eigenvalue weighted by Crippen LogP contribution is -2.09. The fourth-order valence-electron chi connectivity index (χ4n) is 7.24. The number of nitrogens with zero attached hydrogens (tertiary/aromatic N) is 7. The topological polar surface area (TPSA) is 105 Å². The van der Waals surface area contributed by atoms with Crippen LogP contribution in [0.4, 0.5) is 17.1 Å². The number of aromatic nitrogens is 3. The third kappa shape index (κ3) is 6.06. The Morgan fingerprint density at radius 2 is 1.04 bits per heavy atom. The lowest BCUT2D eigenvalue weighted by atomic mass is 10.0. The van der Waals surface area contributed by atoms with E-state index in [1.54, 1.807) is 24.3 Å². The summed E-state index contributed by atoms with van der Waals surface area (Å²) in [5.41, 5.74) is 11.0. The molecule has 2 aromatic heterocycles. The lowest BCUT2D eigenvalue weighted by molar-refractivity contribution is 1.16. The van der Waals surface area contributed by atoms with Crippen LogP contribution in [0.5, 0.6) is 0 Å². The fraction of sp³-hybridized carbons (Fsp3) is 0. The molecule has 0 saturated carbocycles. The second-order valence-electron chi connectivity index (χ2n) is 13.2. The summed E-state index contributed by atoms with van der Waals surface area (Å²) in [4.78, 5) is 12.1. The van der Waals surface area contributed by atoms with E-state index in [-0.39, 0.29) is 0 Å². The molecule has 0 radical (unpaired) electrons. The third-order valence-electron chi connectivity index (χ3n) is 9.91. The molecule has 0 bridgehead atoms. The molecular weight excluding hydrogens is 687 g/mol. The Labute approximate surface area is 323 Å². The molecule has 0 atom stereocenters. The summed E-state index contributed by atoms with van der Waals surface area (Å²) < 4.78 is 2.21. The summed E-state index contributed by atoms with van der Waals surface area (Å²) in [5, 5.41) is 31.6. The van der Waals surface area contributed by atoms with Crippen LogP contribution >= 0.6 is 0 Å². The number of fused-ring (bicyclic) bond motifs is 3. The standard InChI is InChI=1S/C49H29N7/c50-30-33-15-19-35(20-16-33)45-29-46(54-49(53-45)36-21-17-34(31-51)18-22-36)42-25-23-40(27-37(42)32-52)56-47-14-8-7-13-43(47)44-28-41(24-26-48(44)56)55(38-9-3-1-4-10-38)39-11-5-2-6-12-39/h1-29H. The molecular formula is C49H29N7. The summed E-state index contributed by atoms with van der Waals surface area (Å²) in [6.07, 6.45) is 0. The Morgan fingerprint density at radius 3 is 1.68 bits per heavy atom. The highest BCUT2D eigenvalue weighted by Crippen LogP contribution is 2.40. The Morgan fingerprint density at radius 1 is 0.446 bits per heavy atom. The van der Waals surface area contributed by atoms with Crippen LogP contribution in [0.1, 0.15) is 16.7 Å². The van der Waals surface area contributed by atoms with Gasteiger partial charge in [-0.2, -0.15) is 15.8 Å². The van der Waals surface area contributed by atoms with Gasteiger partial charge < -0.3 is 9.47 Å². The van der Waals surface area contributed by atoms with Gasteiger partial charge in [0.15, 0.2) is 5.82 Å². The van der Waals surface area contributed by atoms with E-state index in [4.69, 9.17) is 9.97 Å². The first-order valence-electron chi connectivity index (χ1n) is 18.0. The van der Waals surface area contributed by atoms with Gasteiger partial charge in [0.1, 0.15) is 0 Å². The SMILES string of the molecule is N#Cc1ccc(-c2cc(-c3ccc(-n4c5ccccc5c5cc(N(c6ccccc6)c6ccccc6)ccc54)cc3C#N)nc(-c3ccc(C#N)cc3)n2)cc1. The van der Waals surface area contributed by atoms with Crippen molar-refractivity contribution < 1.29 is 0 Å². The molecule has 0 amide bonds. The Kier molecular flexibility index (Phi) is 8.53. The monoisotopic (exact) mass is 715 g/mol. The summed E-state index contributed by atoms with van der Waals surface area (Å²) in [6, 6.07) is 64.5. The zero-order valence-electron chi connectivity index (χ0n) is 29.9. The molecule has 0 aliphatic rings. The molecule has 0 spiro atoms. The van der Waals surface area contributed by atoms with E-state index in [1.807, 2.05) is 66.7 Å². The quantitative estimate of drug-likeness (QED) is 0.163. The number of rotatable bonds is 7. The summed E-state index contributed by atoms with van der Waals surface area (Å²) in [7, 11) is 0. The Hall–Kier alpha value is -8.31. The van der Waals surface area contributed by atoms with E-state index in [9.17, 15) is 15.8 Å². The van der Waals surface area contributed by atoms with E-state index in [2.05, 4.69) is 113 Å². The van der Waals surface area contributed by atoms with Crippen molar-refractivity contribution in [3.05, 3.63) is 193 Å².